The molecule has 8 nitrogen and oxygen atoms in total. The number of carbonyl (C=O) groups is 1. The van der Waals surface area contributed by atoms with Crippen LogP contribution in [0.25, 0.3) is 0 Å². The van der Waals surface area contributed by atoms with Crippen molar-refractivity contribution in [1.82, 2.24) is 25.2 Å². The number of hydrogen-bond donors (Lipinski definition) is 2. The van der Waals surface area contributed by atoms with Crippen LogP contribution in [0, 0.1) is 5.92 Å². The molecule has 0 saturated carbocycles. The van der Waals surface area contributed by atoms with Crippen LogP contribution >= 0.6 is 11.6 Å². The van der Waals surface area contributed by atoms with Gasteiger partial charge in [-0.25, -0.2) is 9.97 Å². The SMILES string of the molecule is CC.CN1Cc2c(Cl)ncc(Nc3cncc(N4CCC5CNCC54)n3)c2C1=O. The lowest BCUT2D eigenvalue weighted by atomic mass is 10.1. The highest BCUT2D eigenvalue weighted by Crippen LogP contribution is 2.34. The summed E-state index contributed by atoms with van der Waals surface area (Å²) < 4.78 is 0. The van der Waals surface area contributed by atoms with Crippen LogP contribution in [0.5, 0.6) is 0 Å². The van der Waals surface area contributed by atoms with E-state index in [9.17, 15) is 4.79 Å². The minimum absolute atomic E-state index is 0.0691. The largest absolute Gasteiger partial charge is 0.351 e. The summed E-state index contributed by atoms with van der Waals surface area (Å²) in [5.41, 5.74) is 1.92. The van der Waals surface area contributed by atoms with Gasteiger partial charge in [0.15, 0.2) is 5.82 Å². The fourth-order valence-electron chi connectivity index (χ4n) is 4.34. The Labute approximate surface area is 175 Å². The highest BCUT2D eigenvalue weighted by Gasteiger charge is 2.38. The van der Waals surface area contributed by atoms with Gasteiger partial charge in [0.25, 0.3) is 5.91 Å². The van der Waals surface area contributed by atoms with Crippen molar-refractivity contribution in [3.63, 3.8) is 0 Å². The monoisotopic (exact) mass is 415 g/mol. The molecule has 2 unspecified atom stereocenters. The van der Waals surface area contributed by atoms with Crippen LogP contribution in [0.4, 0.5) is 17.3 Å². The average Bonchev–Trinajstić information content (AvgIpc) is 3.42. The van der Waals surface area contributed by atoms with Crippen molar-refractivity contribution in [2.24, 2.45) is 5.92 Å². The van der Waals surface area contributed by atoms with Crippen LogP contribution < -0.4 is 15.5 Å². The van der Waals surface area contributed by atoms with Gasteiger partial charge in [-0.15, -0.1) is 0 Å². The van der Waals surface area contributed by atoms with Gasteiger partial charge in [-0.2, -0.15) is 0 Å². The van der Waals surface area contributed by atoms with Gasteiger partial charge < -0.3 is 20.4 Å². The molecule has 2 aromatic rings. The van der Waals surface area contributed by atoms with Crippen LogP contribution in [0.1, 0.15) is 36.2 Å². The number of fused-ring (bicyclic) bond motifs is 2. The number of rotatable bonds is 3. The molecule has 5 heterocycles. The lowest BCUT2D eigenvalue weighted by molar-refractivity contribution is 0.0817. The van der Waals surface area contributed by atoms with Crippen molar-refractivity contribution < 1.29 is 4.79 Å². The third-order valence-corrected chi connectivity index (χ3v) is 6.03. The molecule has 2 N–H and O–H groups in total. The summed E-state index contributed by atoms with van der Waals surface area (Å²) in [6.45, 7) is 7.52. The van der Waals surface area contributed by atoms with Crippen molar-refractivity contribution in [3.05, 3.63) is 34.9 Å². The number of anilines is 3. The average molecular weight is 416 g/mol. The minimum atomic E-state index is -0.0691. The zero-order valence-corrected chi connectivity index (χ0v) is 17.7. The number of halogens is 1. The third kappa shape index (κ3) is 3.51. The quantitative estimate of drug-likeness (QED) is 0.745. The molecule has 9 heteroatoms. The zero-order valence-electron chi connectivity index (χ0n) is 16.9. The molecule has 0 bridgehead atoms. The van der Waals surface area contributed by atoms with E-state index in [0.29, 0.717) is 40.7 Å². The Morgan fingerprint density at radius 3 is 2.90 bits per heavy atom. The van der Waals surface area contributed by atoms with E-state index in [1.165, 1.54) is 6.42 Å². The van der Waals surface area contributed by atoms with Gasteiger partial charge in [0, 0.05) is 44.8 Å². The molecule has 3 aliphatic rings. The van der Waals surface area contributed by atoms with Crippen LogP contribution in [0.15, 0.2) is 18.6 Å². The Morgan fingerprint density at radius 2 is 2.07 bits per heavy atom. The summed E-state index contributed by atoms with van der Waals surface area (Å²) >= 11 is 6.18. The predicted molar refractivity (Wildman–Crippen MR) is 114 cm³/mol. The fourth-order valence-corrected chi connectivity index (χ4v) is 4.54. The van der Waals surface area contributed by atoms with Gasteiger partial charge in [-0.05, 0) is 12.3 Å². The van der Waals surface area contributed by atoms with Crippen LogP contribution in [-0.4, -0.2) is 58.5 Å². The first-order valence-electron chi connectivity index (χ1n) is 10.1. The summed E-state index contributed by atoms with van der Waals surface area (Å²) in [6.07, 6.45) is 6.22. The second kappa shape index (κ2) is 8.12. The van der Waals surface area contributed by atoms with Gasteiger partial charge in [0.1, 0.15) is 11.0 Å². The first kappa shape index (κ1) is 19.8. The molecule has 0 radical (unpaired) electrons. The molecule has 2 atom stereocenters. The molecule has 154 valence electrons. The molecule has 0 aromatic carbocycles. The van der Waals surface area contributed by atoms with E-state index in [0.717, 1.165) is 31.0 Å². The van der Waals surface area contributed by atoms with E-state index >= 15 is 0 Å². The zero-order chi connectivity index (χ0) is 20.5. The van der Waals surface area contributed by atoms with Crippen LogP contribution in [-0.2, 0) is 6.54 Å². The van der Waals surface area contributed by atoms with Crippen molar-refractivity contribution in [3.8, 4) is 0 Å². The summed E-state index contributed by atoms with van der Waals surface area (Å²) in [5, 5.41) is 7.04. The number of hydrogen-bond acceptors (Lipinski definition) is 7. The summed E-state index contributed by atoms with van der Waals surface area (Å²) in [6, 6.07) is 0.478. The van der Waals surface area contributed by atoms with Crippen LogP contribution in [0.2, 0.25) is 5.15 Å². The molecular formula is C20H26ClN7O. The van der Waals surface area contributed by atoms with Gasteiger partial charge in [0.05, 0.1) is 29.8 Å². The van der Waals surface area contributed by atoms with Crippen molar-refractivity contribution >= 4 is 34.8 Å². The molecular weight excluding hydrogens is 390 g/mol. The molecule has 5 rings (SSSR count). The smallest absolute Gasteiger partial charge is 0.256 e. The van der Waals surface area contributed by atoms with E-state index in [-0.39, 0.29) is 5.91 Å². The lowest BCUT2D eigenvalue weighted by Gasteiger charge is -2.24. The number of pyridine rings is 1. The van der Waals surface area contributed by atoms with Gasteiger partial charge in [-0.1, -0.05) is 25.4 Å². The van der Waals surface area contributed by atoms with Crippen LogP contribution in [0.3, 0.4) is 0 Å². The molecule has 29 heavy (non-hydrogen) atoms. The van der Waals surface area contributed by atoms with E-state index in [1.807, 2.05) is 13.8 Å². The Hall–Kier alpha value is -2.45. The highest BCUT2D eigenvalue weighted by molar-refractivity contribution is 6.31. The number of aromatic nitrogens is 3. The standard InChI is InChI=1S/C18H20ClN7O.C2H6/c1-25-9-11-16(18(25)27)12(5-22-17(11)19)23-14-7-21-8-15(24-14)26-3-2-10-4-20-6-13(10)26;1-2/h5,7-8,10,13,20H,2-4,6,9H2,1H3,(H,23,24);1-2H3. The van der Waals surface area contributed by atoms with Crippen molar-refractivity contribution in [2.45, 2.75) is 32.9 Å². The second-order valence-corrected chi connectivity index (χ2v) is 7.69. The Bertz CT molecular complexity index is 922. The normalized spacial score (nSPS) is 22.3. The maximum atomic E-state index is 12.5. The molecule has 1 amide bonds. The Balaban J connectivity index is 0.000000994. The molecule has 3 aliphatic heterocycles. The summed E-state index contributed by atoms with van der Waals surface area (Å²) in [7, 11) is 1.75. The first-order chi connectivity index (χ1) is 14.1. The van der Waals surface area contributed by atoms with E-state index < -0.39 is 0 Å². The molecule has 2 aromatic heterocycles. The number of nitrogens with one attached hydrogen (secondary N) is 2. The van der Waals surface area contributed by atoms with Crippen molar-refractivity contribution in [1.29, 1.82) is 0 Å². The number of amides is 1. The molecule has 2 saturated heterocycles. The maximum absolute atomic E-state index is 12.5. The maximum Gasteiger partial charge on any atom is 0.256 e. The second-order valence-electron chi connectivity index (χ2n) is 7.33. The molecule has 0 spiro atoms. The topological polar surface area (TPSA) is 86.3 Å². The van der Waals surface area contributed by atoms with Gasteiger partial charge in [0.2, 0.25) is 0 Å². The highest BCUT2D eigenvalue weighted by atomic mass is 35.5. The Morgan fingerprint density at radius 1 is 1.24 bits per heavy atom. The van der Waals surface area contributed by atoms with Gasteiger partial charge in [-0.3, -0.25) is 9.78 Å². The van der Waals surface area contributed by atoms with Crippen molar-refractivity contribution in [2.75, 3.05) is 36.9 Å². The Kier molecular flexibility index (Phi) is 5.56. The summed E-state index contributed by atoms with van der Waals surface area (Å²) in [4.78, 5) is 29.8. The predicted octanol–water partition coefficient (Wildman–Crippen LogP) is 2.68. The van der Waals surface area contributed by atoms with E-state index in [2.05, 4.69) is 25.5 Å². The number of carbonyl (C=O) groups excluding carboxylic acids is 1. The summed E-state index contributed by atoms with van der Waals surface area (Å²) in [5.74, 6) is 2.06. The molecule has 2 fully saturated rings. The van der Waals surface area contributed by atoms with E-state index in [1.54, 1.807) is 30.5 Å². The fraction of sp³-hybridized carbons (Fsp3) is 0.500. The third-order valence-electron chi connectivity index (χ3n) is 5.71. The lowest BCUT2D eigenvalue weighted by Crippen LogP contribution is -2.34. The first-order valence-corrected chi connectivity index (χ1v) is 10.5. The minimum Gasteiger partial charge on any atom is -0.351 e. The molecule has 0 aliphatic carbocycles. The number of nitrogens with zero attached hydrogens (tertiary/aromatic N) is 5. The van der Waals surface area contributed by atoms with Gasteiger partial charge >= 0.3 is 0 Å². The van der Waals surface area contributed by atoms with E-state index in [4.69, 9.17) is 16.6 Å².